The van der Waals surface area contributed by atoms with Gasteiger partial charge in [0.05, 0.1) is 11.4 Å². The zero-order valence-electron chi connectivity index (χ0n) is 9.70. The van der Waals surface area contributed by atoms with Gasteiger partial charge in [0.15, 0.2) is 0 Å². The highest BCUT2D eigenvalue weighted by molar-refractivity contribution is 5.41. The summed E-state index contributed by atoms with van der Waals surface area (Å²) in [5, 5.41) is 0. The van der Waals surface area contributed by atoms with E-state index >= 15 is 0 Å². The van der Waals surface area contributed by atoms with Crippen LogP contribution in [0.4, 0.5) is 5.69 Å². The van der Waals surface area contributed by atoms with Crippen molar-refractivity contribution >= 4 is 5.69 Å². The Kier molecular flexibility index (Phi) is 4.52. The molecule has 0 aliphatic carbocycles. The van der Waals surface area contributed by atoms with Crippen LogP contribution >= 0.6 is 0 Å². The minimum absolute atomic E-state index is 0.534. The van der Waals surface area contributed by atoms with E-state index in [4.69, 9.17) is 5.84 Å². The van der Waals surface area contributed by atoms with Crippen molar-refractivity contribution in [2.24, 2.45) is 5.84 Å². The number of pyridine rings is 1. The molecular formula is C11H20N4. The first kappa shape index (κ1) is 11.9. The fraction of sp³-hybridized carbons (Fsp3) is 0.545. The van der Waals surface area contributed by atoms with E-state index in [0.717, 1.165) is 24.5 Å². The molecule has 1 rings (SSSR count). The molecule has 0 atom stereocenters. The molecule has 1 aromatic rings. The minimum atomic E-state index is 0.534. The van der Waals surface area contributed by atoms with E-state index < -0.39 is 0 Å². The summed E-state index contributed by atoms with van der Waals surface area (Å²) in [5.74, 6) is 5.35. The third kappa shape index (κ3) is 3.49. The van der Waals surface area contributed by atoms with Gasteiger partial charge in [-0.1, -0.05) is 6.92 Å². The van der Waals surface area contributed by atoms with Gasteiger partial charge in [0.25, 0.3) is 0 Å². The van der Waals surface area contributed by atoms with Crippen molar-refractivity contribution in [2.75, 3.05) is 12.0 Å². The third-order valence-electron chi connectivity index (χ3n) is 2.48. The Morgan fingerprint density at radius 1 is 1.53 bits per heavy atom. The molecule has 0 bridgehead atoms. The van der Waals surface area contributed by atoms with E-state index in [0.29, 0.717) is 6.04 Å². The fourth-order valence-corrected chi connectivity index (χ4v) is 1.52. The lowest BCUT2D eigenvalue weighted by molar-refractivity contribution is 0.222. The van der Waals surface area contributed by atoms with Gasteiger partial charge in [0.1, 0.15) is 0 Å². The van der Waals surface area contributed by atoms with E-state index in [1.54, 1.807) is 6.20 Å². The van der Waals surface area contributed by atoms with Gasteiger partial charge in [-0.25, -0.2) is 0 Å². The number of rotatable bonds is 5. The molecule has 0 saturated heterocycles. The molecule has 0 aliphatic heterocycles. The van der Waals surface area contributed by atoms with Crippen LogP contribution in [0.5, 0.6) is 0 Å². The number of aromatic nitrogens is 1. The Morgan fingerprint density at radius 3 is 2.80 bits per heavy atom. The molecule has 1 heterocycles. The first-order valence-corrected chi connectivity index (χ1v) is 5.33. The second kappa shape index (κ2) is 5.68. The molecule has 3 N–H and O–H groups in total. The lowest BCUT2D eigenvalue weighted by Gasteiger charge is -2.24. The Morgan fingerprint density at radius 2 is 2.27 bits per heavy atom. The van der Waals surface area contributed by atoms with Gasteiger partial charge < -0.3 is 5.43 Å². The molecule has 0 saturated carbocycles. The summed E-state index contributed by atoms with van der Waals surface area (Å²) >= 11 is 0. The van der Waals surface area contributed by atoms with Crippen molar-refractivity contribution in [1.82, 2.24) is 9.88 Å². The smallest absolute Gasteiger partial charge is 0.0565 e. The van der Waals surface area contributed by atoms with Crippen LogP contribution in [-0.4, -0.2) is 22.5 Å². The maximum absolute atomic E-state index is 5.35. The Bertz CT molecular complexity index is 298. The molecule has 0 amide bonds. The van der Waals surface area contributed by atoms with E-state index in [-0.39, 0.29) is 0 Å². The summed E-state index contributed by atoms with van der Waals surface area (Å²) in [4.78, 5) is 6.67. The number of nitrogens with one attached hydrogen (secondary N) is 1. The second-order valence-electron chi connectivity index (χ2n) is 3.84. The number of hydrazine groups is 1. The molecule has 4 heteroatoms. The number of hydrogen-bond acceptors (Lipinski definition) is 4. The fourth-order valence-electron chi connectivity index (χ4n) is 1.52. The van der Waals surface area contributed by atoms with Crippen molar-refractivity contribution < 1.29 is 0 Å². The molecule has 0 fully saturated rings. The van der Waals surface area contributed by atoms with E-state index in [1.165, 1.54) is 0 Å². The zero-order valence-corrected chi connectivity index (χ0v) is 9.70. The Hall–Kier alpha value is -1.13. The average Bonchev–Trinajstić information content (AvgIpc) is 2.25. The van der Waals surface area contributed by atoms with Crippen LogP contribution in [0.15, 0.2) is 18.3 Å². The summed E-state index contributed by atoms with van der Waals surface area (Å²) in [7, 11) is 0. The highest BCUT2D eigenvalue weighted by Crippen LogP contribution is 2.10. The molecule has 0 spiro atoms. The minimum Gasteiger partial charge on any atom is -0.324 e. The number of nitrogens with two attached hydrogens (primary N) is 1. The largest absolute Gasteiger partial charge is 0.324 e. The van der Waals surface area contributed by atoms with Gasteiger partial charge in [-0.05, 0) is 32.5 Å². The van der Waals surface area contributed by atoms with Gasteiger partial charge in [-0.2, -0.15) is 0 Å². The zero-order chi connectivity index (χ0) is 11.3. The average molecular weight is 208 g/mol. The summed E-state index contributed by atoms with van der Waals surface area (Å²) in [6.45, 7) is 8.43. The lowest BCUT2D eigenvalue weighted by atomic mass is 10.2. The van der Waals surface area contributed by atoms with E-state index in [9.17, 15) is 0 Å². The van der Waals surface area contributed by atoms with Crippen LogP contribution in [-0.2, 0) is 6.54 Å². The molecule has 4 nitrogen and oxygen atoms in total. The molecular weight excluding hydrogens is 188 g/mol. The quantitative estimate of drug-likeness (QED) is 0.570. The monoisotopic (exact) mass is 208 g/mol. The van der Waals surface area contributed by atoms with Crippen LogP contribution in [0.1, 0.15) is 26.5 Å². The predicted molar refractivity (Wildman–Crippen MR) is 63.3 cm³/mol. The van der Waals surface area contributed by atoms with E-state index in [2.05, 4.69) is 36.1 Å². The van der Waals surface area contributed by atoms with Gasteiger partial charge in [-0.15, -0.1) is 0 Å². The van der Waals surface area contributed by atoms with Crippen LogP contribution < -0.4 is 11.3 Å². The van der Waals surface area contributed by atoms with Crippen LogP contribution in [0.25, 0.3) is 0 Å². The summed E-state index contributed by atoms with van der Waals surface area (Å²) in [6.07, 6.45) is 1.78. The Labute approximate surface area is 91.5 Å². The number of nitrogen functional groups attached to an aromatic ring is 1. The molecule has 1 aromatic heterocycles. The highest BCUT2D eigenvalue weighted by Gasteiger charge is 2.08. The molecule has 0 aromatic carbocycles. The SMILES string of the molecule is CCN(Cc1cc(NN)ccn1)C(C)C. The van der Waals surface area contributed by atoms with Gasteiger partial charge in [-0.3, -0.25) is 15.7 Å². The van der Waals surface area contributed by atoms with Crippen LogP contribution in [0.3, 0.4) is 0 Å². The van der Waals surface area contributed by atoms with Crippen molar-refractivity contribution in [3.05, 3.63) is 24.0 Å². The molecule has 0 aliphatic rings. The topological polar surface area (TPSA) is 54.2 Å². The van der Waals surface area contributed by atoms with Gasteiger partial charge in [0.2, 0.25) is 0 Å². The number of hydrogen-bond donors (Lipinski definition) is 2. The Balaban J connectivity index is 2.70. The summed E-state index contributed by atoms with van der Waals surface area (Å²) in [6, 6.07) is 4.37. The normalized spacial score (nSPS) is 11.1. The van der Waals surface area contributed by atoms with Crippen molar-refractivity contribution in [2.45, 2.75) is 33.4 Å². The first-order valence-electron chi connectivity index (χ1n) is 5.33. The standard InChI is InChI=1S/C11H20N4/c1-4-15(9(2)3)8-11-7-10(14-12)5-6-13-11/h5-7,9H,4,8,12H2,1-3H3,(H,13,14). The van der Waals surface area contributed by atoms with Crippen molar-refractivity contribution in [3.8, 4) is 0 Å². The number of nitrogens with zero attached hydrogens (tertiary/aromatic N) is 2. The van der Waals surface area contributed by atoms with Gasteiger partial charge >= 0.3 is 0 Å². The molecule has 15 heavy (non-hydrogen) atoms. The molecule has 84 valence electrons. The third-order valence-corrected chi connectivity index (χ3v) is 2.48. The van der Waals surface area contributed by atoms with Crippen LogP contribution in [0.2, 0.25) is 0 Å². The predicted octanol–water partition coefficient (Wildman–Crippen LogP) is 1.60. The first-order chi connectivity index (χ1) is 7.17. The summed E-state index contributed by atoms with van der Waals surface area (Å²) < 4.78 is 0. The van der Waals surface area contributed by atoms with Gasteiger partial charge in [0, 0.05) is 18.8 Å². The lowest BCUT2D eigenvalue weighted by Crippen LogP contribution is -2.30. The van der Waals surface area contributed by atoms with Crippen LogP contribution in [0, 0.1) is 0 Å². The van der Waals surface area contributed by atoms with E-state index in [1.807, 2.05) is 12.1 Å². The summed E-state index contributed by atoms with van der Waals surface area (Å²) in [5.41, 5.74) is 4.57. The highest BCUT2D eigenvalue weighted by atomic mass is 15.2. The molecule has 0 radical (unpaired) electrons. The maximum atomic E-state index is 5.35. The van der Waals surface area contributed by atoms with Crippen molar-refractivity contribution in [3.63, 3.8) is 0 Å². The van der Waals surface area contributed by atoms with Crippen molar-refractivity contribution in [1.29, 1.82) is 0 Å². The molecule has 0 unspecified atom stereocenters. The maximum Gasteiger partial charge on any atom is 0.0565 e. The second-order valence-corrected chi connectivity index (χ2v) is 3.84. The number of anilines is 1.